The van der Waals surface area contributed by atoms with E-state index < -0.39 is 4.92 Å². The summed E-state index contributed by atoms with van der Waals surface area (Å²) in [6, 6.07) is 3.98. The highest BCUT2D eigenvalue weighted by Crippen LogP contribution is 2.24. The number of benzene rings is 1. The highest BCUT2D eigenvalue weighted by atomic mass is 35.5. The summed E-state index contributed by atoms with van der Waals surface area (Å²) in [5, 5.41) is 13.4. The quantitative estimate of drug-likeness (QED) is 0.667. The summed E-state index contributed by atoms with van der Waals surface area (Å²) >= 11 is 5.78. The SMILES string of the molecule is O=C(NCCN1CCCC1)c1ccc([N+](=O)[O-])c(Cl)c1. The molecule has 108 valence electrons. The number of halogens is 1. The Bertz CT molecular complexity index is 516. The fourth-order valence-electron chi connectivity index (χ4n) is 2.23. The van der Waals surface area contributed by atoms with Gasteiger partial charge in [-0.1, -0.05) is 11.6 Å². The molecule has 6 nitrogen and oxygen atoms in total. The van der Waals surface area contributed by atoms with Crippen molar-refractivity contribution in [3.05, 3.63) is 38.9 Å². The Kier molecular flexibility index (Phi) is 4.92. The molecule has 0 saturated carbocycles. The molecule has 20 heavy (non-hydrogen) atoms. The van der Waals surface area contributed by atoms with Gasteiger partial charge in [0.15, 0.2) is 0 Å². The number of hydrogen-bond donors (Lipinski definition) is 1. The second-order valence-corrected chi connectivity index (χ2v) is 5.14. The first kappa shape index (κ1) is 14.7. The van der Waals surface area contributed by atoms with Gasteiger partial charge in [0.25, 0.3) is 11.6 Å². The van der Waals surface area contributed by atoms with Crippen molar-refractivity contribution in [3.63, 3.8) is 0 Å². The average molecular weight is 298 g/mol. The van der Waals surface area contributed by atoms with Gasteiger partial charge >= 0.3 is 0 Å². The van der Waals surface area contributed by atoms with Gasteiger partial charge in [-0.15, -0.1) is 0 Å². The first-order valence-corrected chi connectivity index (χ1v) is 6.90. The Labute approximate surface area is 121 Å². The molecule has 0 aliphatic carbocycles. The lowest BCUT2D eigenvalue weighted by Gasteiger charge is -2.14. The molecule has 1 N–H and O–H groups in total. The van der Waals surface area contributed by atoms with E-state index in [9.17, 15) is 14.9 Å². The van der Waals surface area contributed by atoms with Gasteiger partial charge in [-0.05, 0) is 38.1 Å². The predicted molar refractivity (Wildman–Crippen MR) is 76.1 cm³/mol. The van der Waals surface area contributed by atoms with Gasteiger partial charge in [-0.25, -0.2) is 0 Å². The molecule has 1 saturated heterocycles. The Hall–Kier alpha value is -1.66. The molecular formula is C13H16ClN3O3. The molecule has 1 fully saturated rings. The molecule has 1 aromatic carbocycles. The van der Waals surface area contributed by atoms with Gasteiger partial charge in [-0.2, -0.15) is 0 Å². The Morgan fingerprint density at radius 3 is 2.70 bits per heavy atom. The van der Waals surface area contributed by atoms with E-state index in [0.717, 1.165) is 19.6 Å². The summed E-state index contributed by atoms with van der Waals surface area (Å²) in [4.78, 5) is 24.3. The average Bonchev–Trinajstić information content (AvgIpc) is 2.91. The molecule has 0 spiro atoms. The molecule has 1 heterocycles. The predicted octanol–water partition coefficient (Wildman–Crippen LogP) is 2.07. The van der Waals surface area contributed by atoms with E-state index in [1.165, 1.54) is 31.0 Å². The lowest BCUT2D eigenvalue weighted by Crippen LogP contribution is -2.33. The van der Waals surface area contributed by atoms with E-state index in [1.807, 2.05) is 0 Å². The molecule has 2 rings (SSSR count). The molecule has 0 radical (unpaired) electrons. The molecule has 0 aromatic heterocycles. The van der Waals surface area contributed by atoms with E-state index in [2.05, 4.69) is 10.2 Å². The van der Waals surface area contributed by atoms with Gasteiger partial charge in [-0.3, -0.25) is 14.9 Å². The maximum atomic E-state index is 11.9. The normalized spacial score (nSPS) is 15.2. The minimum atomic E-state index is -0.572. The number of amides is 1. The van der Waals surface area contributed by atoms with Crippen LogP contribution >= 0.6 is 11.6 Å². The highest BCUT2D eigenvalue weighted by molar-refractivity contribution is 6.33. The number of hydrogen-bond acceptors (Lipinski definition) is 4. The highest BCUT2D eigenvalue weighted by Gasteiger charge is 2.16. The van der Waals surface area contributed by atoms with Crippen molar-refractivity contribution in [2.75, 3.05) is 26.2 Å². The smallest absolute Gasteiger partial charge is 0.287 e. The number of rotatable bonds is 5. The topological polar surface area (TPSA) is 75.5 Å². The van der Waals surface area contributed by atoms with Gasteiger partial charge < -0.3 is 10.2 Å². The van der Waals surface area contributed by atoms with Crippen molar-refractivity contribution in [2.45, 2.75) is 12.8 Å². The second kappa shape index (κ2) is 6.67. The Balaban J connectivity index is 1.88. The molecule has 1 amide bonds. The van der Waals surface area contributed by atoms with Crippen LogP contribution in [0.25, 0.3) is 0 Å². The Morgan fingerprint density at radius 1 is 1.40 bits per heavy atom. The van der Waals surface area contributed by atoms with E-state index in [4.69, 9.17) is 11.6 Å². The number of nitrogens with one attached hydrogen (secondary N) is 1. The third-order valence-electron chi connectivity index (χ3n) is 3.32. The van der Waals surface area contributed by atoms with Crippen molar-refractivity contribution in [3.8, 4) is 0 Å². The molecule has 0 unspecified atom stereocenters. The third-order valence-corrected chi connectivity index (χ3v) is 3.62. The molecule has 0 atom stereocenters. The third kappa shape index (κ3) is 3.68. The van der Waals surface area contributed by atoms with Crippen LogP contribution in [0.15, 0.2) is 18.2 Å². The number of carbonyl (C=O) groups excluding carboxylic acids is 1. The van der Waals surface area contributed by atoms with E-state index in [1.54, 1.807) is 0 Å². The fraction of sp³-hybridized carbons (Fsp3) is 0.462. The van der Waals surface area contributed by atoms with Crippen molar-refractivity contribution in [1.82, 2.24) is 10.2 Å². The summed E-state index contributed by atoms with van der Waals surface area (Å²) in [6.07, 6.45) is 2.43. The van der Waals surface area contributed by atoms with E-state index in [0.29, 0.717) is 12.1 Å². The van der Waals surface area contributed by atoms with Crippen molar-refractivity contribution in [1.29, 1.82) is 0 Å². The van der Waals surface area contributed by atoms with Crippen LogP contribution in [0.3, 0.4) is 0 Å². The van der Waals surface area contributed by atoms with Gasteiger partial charge in [0.1, 0.15) is 5.02 Å². The largest absolute Gasteiger partial charge is 0.351 e. The Morgan fingerprint density at radius 2 is 2.10 bits per heavy atom. The summed E-state index contributed by atoms with van der Waals surface area (Å²) in [7, 11) is 0. The maximum absolute atomic E-state index is 11.9. The zero-order chi connectivity index (χ0) is 14.5. The van der Waals surface area contributed by atoms with Crippen LogP contribution in [-0.4, -0.2) is 41.9 Å². The number of likely N-dealkylation sites (tertiary alicyclic amines) is 1. The molecule has 1 aliphatic heterocycles. The summed E-state index contributed by atoms with van der Waals surface area (Å²) in [5.74, 6) is -0.263. The van der Waals surface area contributed by atoms with E-state index >= 15 is 0 Å². The molecule has 1 aliphatic rings. The minimum Gasteiger partial charge on any atom is -0.351 e. The van der Waals surface area contributed by atoms with Crippen LogP contribution in [0.2, 0.25) is 5.02 Å². The van der Waals surface area contributed by atoms with Crippen molar-refractivity contribution in [2.24, 2.45) is 0 Å². The van der Waals surface area contributed by atoms with Crippen LogP contribution < -0.4 is 5.32 Å². The van der Waals surface area contributed by atoms with Crippen LogP contribution in [-0.2, 0) is 0 Å². The summed E-state index contributed by atoms with van der Waals surface area (Å²) in [5.41, 5.74) is 0.141. The first-order valence-electron chi connectivity index (χ1n) is 6.52. The van der Waals surface area contributed by atoms with E-state index in [-0.39, 0.29) is 16.6 Å². The van der Waals surface area contributed by atoms with Crippen molar-refractivity contribution < 1.29 is 9.72 Å². The number of nitro groups is 1. The number of carbonyl (C=O) groups is 1. The molecule has 0 bridgehead atoms. The number of nitrogens with zero attached hydrogens (tertiary/aromatic N) is 2. The van der Waals surface area contributed by atoms with Crippen LogP contribution in [0.5, 0.6) is 0 Å². The monoisotopic (exact) mass is 297 g/mol. The van der Waals surface area contributed by atoms with Crippen LogP contribution in [0.4, 0.5) is 5.69 Å². The molecule has 1 aromatic rings. The zero-order valence-corrected chi connectivity index (χ0v) is 11.7. The summed E-state index contributed by atoms with van der Waals surface area (Å²) < 4.78 is 0. The lowest BCUT2D eigenvalue weighted by atomic mass is 10.2. The van der Waals surface area contributed by atoms with Crippen molar-refractivity contribution >= 4 is 23.2 Å². The molecular weight excluding hydrogens is 282 g/mol. The van der Waals surface area contributed by atoms with Gasteiger partial charge in [0, 0.05) is 24.7 Å². The maximum Gasteiger partial charge on any atom is 0.287 e. The lowest BCUT2D eigenvalue weighted by molar-refractivity contribution is -0.384. The summed E-state index contributed by atoms with van der Waals surface area (Å²) in [6.45, 7) is 3.55. The van der Waals surface area contributed by atoms with Gasteiger partial charge in [0.05, 0.1) is 4.92 Å². The molecule has 7 heteroatoms. The standard InChI is InChI=1S/C13H16ClN3O3/c14-11-9-10(3-4-12(11)17(19)20)13(18)15-5-8-16-6-1-2-7-16/h3-4,9H,1-2,5-8H2,(H,15,18). The van der Waals surface area contributed by atoms with Crippen LogP contribution in [0, 0.1) is 10.1 Å². The minimum absolute atomic E-state index is 0.0257. The fourth-order valence-corrected chi connectivity index (χ4v) is 2.48. The number of nitro benzene ring substituents is 1. The van der Waals surface area contributed by atoms with Crippen LogP contribution in [0.1, 0.15) is 23.2 Å². The first-order chi connectivity index (χ1) is 9.58. The second-order valence-electron chi connectivity index (χ2n) is 4.73. The van der Waals surface area contributed by atoms with Gasteiger partial charge in [0.2, 0.25) is 0 Å². The zero-order valence-electron chi connectivity index (χ0n) is 11.0.